The molecular weight excluding hydrogens is 470 g/mol. The average molecular weight is 517 g/mol. The van der Waals surface area contributed by atoms with E-state index in [1.54, 1.807) is 4.68 Å². The largest absolute Gasteiger partial charge is 0.481 e. The van der Waals surface area contributed by atoms with Gasteiger partial charge in [-0.3, -0.25) is 4.79 Å². The second kappa shape index (κ2) is 12.4. The molecule has 36 heavy (non-hydrogen) atoms. The summed E-state index contributed by atoms with van der Waals surface area (Å²) >= 11 is 0. The van der Waals surface area contributed by atoms with Gasteiger partial charge in [0, 0.05) is 33.4 Å². The SMILES string of the molecule is CCC[C@H](C(=O)O)[C@H](Cc1ccc(C2CC[N+](C)(C)CC2)cc1)c1nnnn1COCC[Si](C)(C)C. The molecule has 0 bridgehead atoms. The molecule has 1 aromatic heterocycles. The third-order valence-electron chi connectivity index (χ3n) is 7.58. The van der Waals surface area contributed by atoms with Crippen molar-refractivity contribution in [3.63, 3.8) is 0 Å². The zero-order chi connectivity index (χ0) is 26.3. The third kappa shape index (κ3) is 8.21. The van der Waals surface area contributed by atoms with Crippen LogP contribution in [0.1, 0.15) is 61.4 Å². The molecule has 0 amide bonds. The molecule has 2 heterocycles. The number of tetrazole rings is 1. The molecule has 1 N–H and O–H groups in total. The fourth-order valence-electron chi connectivity index (χ4n) is 5.10. The highest BCUT2D eigenvalue weighted by Gasteiger charge is 2.33. The molecule has 2 atom stereocenters. The van der Waals surface area contributed by atoms with Gasteiger partial charge in [-0.25, -0.2) is 4.68 Å². The molecule has 1 aliphatic rings. The van der Waals surface area contributed by atoms with E-state index in [0.29, 0.717) is 31.2 Å². The van der Waals surface area contributed by atoms with Crippen molar-refractivity contribution in [3.8, 4) is 0 Å². The van der Waals surface area contributed by atoms with Crippen molar-refractivity contribution in [3.05, 3.63) is 41.2 Å². The molecule has 2 aromatic rings. The Balaban J connectivity index is 1.76. The maximum Gasteiger partial charge on any atom is 0.307 e. The summed E-state index contributed by atoms with van der Waals surface area (Å²) in [5.74, 6) is -0.472. The fraction of sp³-hybridized carbons (Fsp3) is 0.704. The lowest BCUT2D eigenvalue weighted by Gasteiger charge is -2.37. The predicted octanol–water partition coefficient (Wildman–Crippen LogP) is 4.77. The van der Waals surface area contributed by atoms with E-state index in [-0.39, 0.29) is 12.6 Å². The zero-order valence-corrected chi connectivity index (χ0v) is 24.1. The van der Waals surface area contributed by atoms with Gasteiger partial charge in [0.25, 0.3) is 0 Å². The Hall–Kier alpha value is -2.10. The first kappa shape index (κ1) is 28.5. The van der Waals surface area contributed by atoms with Gasteiger partial charge in [0.2, 0.25) is 0 Å². The summed E-state index contributed by atoms with van der Waals surface area (Å²) in [5.41, 5.74) is 2.51. The molecule has 0 unspecified atom stereocenters. The quantitative estimate of drug-likeness (QED) is 0.234. The molecule has 8 nitrogen and oxygen atoms in total. The minimum absolute atomic E-state index is 0.247. The van der Waals surface area contributed by atoms with Crippen LogP contribution in [0.5, 0.6) is 0 Å². The maximum atomic E-state index is 12.3. The van der Waals surface area contributed by atoms with Gasteiger partial charge >= 0.3 is 5.97 Å². The summed E-state index contributed by atoms with van der Waals surface area (Å²) in [4.78, 5) is 12.3. The van der Waals surface area contributed by atoms with Gasteiger partial charge < -0.3 is 14.3 Å². The number of nitrogens with zero attached hydrogens (tertiary/aromatic N) is 5. The standard InChI is InChI=1S/C27H45N5O3Si/c1-7-8-24(27(33)34)25(26-28-29-30-31(26)20-35-17-18-36(4,5)6)19-21-9-11-22(12-10-21)23-13-15-32(2,3)16-14-23/h9-12,23-25H,7-8,13-20H2,1-6H3/p+1/t24-,25-/m0/s1. The number of piperidine rings is 1. The molecule has 1 fully saturated rings. The van der Waals surface area contributed by atoms with Crippen LogP contribution in [-0.2, 0) is 22.7 Å². The molecule has 0 spiro atoms. The van der Waals surface area contributed by atoms with Crippen LogP contribution >= 0.6 is 0 Å². The minimum Gasteiger partial charge on any atom is -0.481 e. The summed E-state index contributed by atoms with van der Waals surface area (Å²) in [6, 6.07) is 9.87. The van der Waals surface area contributed by atoms with Crippen LogP contribution in [0, 0.1) is 5.92 Å². The number of quaternary nitrogens is 1. The van der Waals surface area contributed by atoms with E-state index >= 15 is 0 Å². The Labute approximate surface area is 217 Å². The Bertz CT molecular complexity index is 961. The predicted molar refractivity (Wildman–Crippen MR) is 145 cm³/mol. The van der Waals surface area contributed by atoms with Gasteiger partial charge in [0.15, 0.2) is 5.82 Å². The monoisotopic (exact) mass is 516 g/mol. The number of rotatable bonds is 13. The van der Waals surface area contributed by atoms with Crippen LogP contribution in [-0.4, -0.2) is 77.6 Å². The summed E-state index contributed by atoms with van der Waals surface area (Å²) in [6.07, 6.45) is 4.37. The van der Waals surface area contributed by atoms with Gasteiger partial charge in [0.05, 0.1) is 33.1 Å². The van der Waals surface area contributed by atoms with E-state index in [2.05, 4.69) is 73.5 Å². The summed E-state index contributed by atoms with van der Waals surface area (Å²) < 4.78 is 8.65. The van der Waals surface area contributed by atoms with Crippen LogP contribution in [0.15, 0.2) is 24.3 Å². The fourth-order valence-corrected chi connectivity index (χ4v) is 5.86. The average Bonchev–Trinajstić information content (AvgIpc) is 3.27. The van der Waals surface area contributed by atoms with Crippen molar-refractivity contribution in [2.75, 3.05) is 33.8 Å². The van der Waals surface area contributed by atoms with Crippen molar-refractivity contribution in [2.45, 2.75) is 83.3 Å². The van der Waals surface area contributed by atoms with Crippen LogP contribution in [0.25, 0.3) is 0 Å². The van der Waals surface area contributed by atoms with Crippen LogP contribution < -0.4 is 0 Å². The number of likely N-dealkylation sites (tertiary alicyclic amines) is 1. The first-order valence-corrected chi connectivity index (χ1v) is 17.2. The van der Waals surface area contributed by atoms with Gasteiger partial charge in [-0.05, 0) is 46.4 Å². The number of hydrogen-bond acceptors (Lipinski definition) is 5. The summed E-state index contributed by atoms with van der Waals surface area (Å²) in [5, 5.41) is 22.4. The molecule has 3 rings (SSSR count). The summed E-state index contributed by atoms with van der Waals surface area (Å²) in [6.45, 7) is 12.3. The number of hydrogen-bond donors (Lipinski definition) is 1. The Morgan fingerprint density at radius 2 is 1.86 bits per heavy atom. The van der Waals surface area contributed by atoms with E-state index in [4.69, 9.17) is 4.74 Å². The molecule has 9 heteroatoms. The Kier molecular flexibility index (Phi) is 9.83. The number of carboxylic acids is 1. The van der Waals surface area contributed by atoms with Crippen LogP contribution in [0.2, 0.25) is 25.7 Å². The highest BCUT2D eigenvalue weighted by atomic mass is 28.3. The van der Waals surface area contributed by atoms with E-state index in [0.717, 1.165) is 22.5 Å². The number of benzene rings is 1. The molecule has 0 saturated carbocycles. The number of carbonyl (C=O) groups is 1. The smallest absolute Gasteiger partial charge is 0.307 e. The van der Waals surface area contributed by atoms with Crippen molar-refractivity contribution in [1.29, 1.82) is 0 Å². The second-order valence-corrected chi connectivity index (χ2v) is 17.9. The lowest BCUT2D eigenvalue weighted by atomic mass is 9.82. The first-order chi connectivity index (χ1) is 17.0. The lowest BCUT2D eigenvalue weighted by molar-refractivity contribution is -0.895. The van der Waals surface area contributed by atoms with Crippen molar-refractivity contribution in [1.82, 2.24) is 20.2 Å². The molecule has 1 saturated heterocycles. The molecule has 0 aliphatic carbocycles. The maximum absolute atomic E-state index is 12.3. The Morgan fingerprint density at radius 1 is 1.19 bits per heavy atom. The topological polar surface area (TPSA) is 90.1 Å². The van der Waals surface area contributed by atoms with Gasteiger partial charge in [-0.2, -0.15) is 0 Å². The van der Waals surface area contributed by atoms with Crippen molar-refractivity contribution < 1.29 is 19.1 Å². The first-order valence-electron chi connectivity index (χ1n) is 13.5. The molecular formula is C27H46N5O3Si+. The number of aliphatic carboxylic acids is 1. The van der Waals surface area contributed by atoms with Crippen LogP contribution in [0.3, 0.4) is 0 Å². The van der Waals surface area contributed by atoms with Crippen molar-refractivity contribution in [2.24, 2.45) is 5.92 Å². The van der Waals surface area contributed by atoms with Gasteiger partial charge in [0.1, 0.15) is 6.73 Å². The number of ether oxygens (including phenoxy) is 1. The zero-order valence-electron chi connectivity index (χ0n) is 23.1. The molecule has 1 aliphatic heterocycles. The van der Waals surface area contributed by atoms with E-state index in [1.807, 2.05) is 6.92 Å². The minimum atomic E-state index is -1.20. The van der Waals surface area contributed by atoms with E-state index < -0.39 is 20.0 Å². The summed E-state index contributed by atoms with van der Waals surface area (Å²) in [7, 11) is 3.41. The van der Waals surface area contributed by atoms with E-state index in [9.17, 15) is 9.90 Å². The van der Waals surface area contributed by atoms with Crippen LogP contribution in [0.4, 0.5) is 0 Å². The lowest BCUT2D eigenvalue weighted by Crippen LogP contribution is -2.45. The third-order valence-corrected chi connectivity index (χ3v) is 9.28. The van der Waals surface area contributed by atoms with E-state index in [1.165, 1.54) is 31.5 Å². The molecule has 1 aromatic carbocycles. The Morgan fingerprint density at radius 3 is 2.44 bits per heavy atom. The number of aromatic nitrogens is 4. The molecule has 0 radical (unpaired) electrons. The normalized spacial score (nSPS) is 18.2. The van der Waals surface area contributed by atoms with Crippen molar-refractivity contribution >= 4 is 14.0 Å². The van der Waals surface area contributed by atoms with Gasteiger partial charge in [-0.1, -0.05) is 57.3 Å². The number of carboxylic acid groups (broad SMARTS) is 1. The molecule has 200 valence electrons. The highest BCUT2D eigenvalue weighted by molar-refractivity contribution is 6.76. The highest BCUT2D eigenvalue weighted by Crippen LogP contribution is 2.33. The van der Waals surface area contributed by atoms with Gasteiger partial charge in [-0.15, -0.1) is 5.10 Å². The second-order valence-electron chi connectivity index (χ2n) is 12.3.